The molecule has 7 heteroatoms. The molecule has 4 rings (SSSR count). The van der Waals surface area contributed by atoms with Gasteiger partial charge < -0.3 is 9.80 Å². The van der Waals surface area contributed by atoms with E-state index in [1.165, 1.54) is 12.8 Å². The van der Waals surface area contributed by atoms with Gasteiger partial charge in [-0.2, -0.15) is 4.31 Å². The second-order valence-corrected chi connectivity index (χ2v) is 10.7. The Kier molecular flexibility index (Phi) is 6.27. The van der Waals surface area contributed by atoms with E-state index in [-0.39, 0.29) is 16.8 Å². The van der Waals surface area contributed by atoms with E-state index in [1.807, 2.05) is 11.8 Å². The maximum atomic E-state index is 13.4. The number of hydrogen-bond acceptors (Lipinski definition) is 4. The number of amides is 1. The lowest BCUT2D eigenvalue weighted by Gasteiger charge is -2.29. The minimum absolute atomic E-state index is 0.0140. The lowest BCUT2D eigenvalue weighted by atomic mass is 10.1. The molecule has 1 unspecified atom stereocenters. The van der Waals surface area contributed by atoms with Crippen LogP contribution in [0.1, 0.15) is 60.9 Å². The molecule has 0 N–H and O–H groups in total. The third kappa shape index (κ3) is 4.37. The largest absolute Gasteiger partial charge is 0.334 e. The Morgan fingerprint density at radius 3 is 2.38 bits per heavy atom. The first kappa shape index (κ1) is 20.8. The predicted molar refractivity (Wildman–Crippen MR) is 114 cm³/mol. The molecule has 1 atom stereocenters. The van der Waals surface area contributed by atoms with Crippen molar-refractivity contribution < 1.29 is 13.2 Å². The number of aryl methyl sites for hydroxylation is 1. The van der Waals surface area contributed by atoms with Gasteiger partial charge in [0.1, 0.15) is 0 Å². The van der Waals surface area contributed by atoms with Gasteiger partial charge in [-0.3, -0.25) is 4.79 Å². The molecule has 0 aromatic heterocycles. The zero-order valence-corrected chi connectivity index (χ0v) is 18.3. The number of rotatable bonds is 5. The van der Waals surface area contributed by atoms with Crippen LogP contribution >= 0.6 is 0 Å². The molecule has 3 saturated heterocycles. The summed E-state index contributed by atoms with van der Waals surface area (Å²) in [6.07, 6.45) is 7.44. The minimum atomic E-state index is -3.54. The molecular formula is C22H33N3O3S. The zero-order chi connectivity index (χ0) is 20.4. The lowest BCUT2D eigenvalue weighted by molar-refractivity contribution is 0.0708. The van der Waals surface area contributed by atoms with Crippen molar-refractivity contribution in [3.8, 4) is 0 Å². The van der Waals surface area contributed by atoms with Gasteiger partial charge in [0.2, 0.25) is 10.0 Å². The number of carbonyl (C=O) groups is 1. The lowest BCUT2D eigenvalue weighted by Crippen LogP contribution is -2.42. The van der Waals surface area contributed by atoms with E-state index in [9.17, 15) is 13.2 Å². The number of carbonyl (C=O) groups excluding carboxylic acids is 1. The third-order valence-electron chi connectivity index (χ3n) is 6.70. The summed E-state index contributed by atoms with van der Waals surface area (Å²) in [5.41, 5.74) is 1.39. The van der Waals surface area contributed by atoms with Crippen LogP contribution in [0.25, 0.3) is 0 Å². The van der Waals surface area contributed by atoms with Crippen molar-refractivity contribution >= 4 is 15.9 Å². The van der Waals surface area contributed by atoms with Crippen LogP contribution in [0.2, 0.25) is 0 Å². The monoisotopic (exact) mass is 419 g/mol. The van der Waals surface area contributed by atoms with E-state index in [0.29, 0.717) is 18.7 Å². The second-order valence-electron chi connectivity index (χ2n) is 8.74. The Bertz CT molecular complexity index is 843. The van der Waals surface area contributed by atoms with Gasteiger partial charge in [-0.15, -0.1) is 0 Å². The summed E-state index contributed by atoms with van der Waals surface area (Å²) in [7, 11) is -3.54. The first-order valence-corrected chi connectivity index (χ1v) is 12.5. The van der Waals surface area contributed by atoms with Gasteiger partial charge in [0.15, 0.2) is 0 Å². The van der Waals surface area contributed by atoms with Crippen molar-refractivity contribution in [2.75, 3.05) is 39.3 Å². The first-order valence-electron chi connectivity index (χ1n) is 11.1. The highest BCUT2D eigenvalue weighted by Gasteiger charge is 2.33. The highest BCUT2D eigenvalue weighted by Crippen LogP contribution is 2.27. The van der Waals surface area contributed by atoms with E-state index in [0.717, 1.165) is 63.8 Å². The molecular weight excluding hydrogens is 386 g/mol. The molecule has 29 heavy (non-hydrogen) atoms. The molecule has 0 aliphatic carbocycles. The van der Waals surface area contributed by atoms with Crippen LogP contribution in [0, 0.1) is 6.92 Å². The Morgan fingerprint density at radius 2 is 1.66 bits per heavy atom. The number of sulfonamides is 1. The average Bonchev–Trinajstić information content (AvgIpc) is 3.41. The van der Waals surface area contributed by atoms with Gasteiger partial charge in [-0.25, -0.2) is 8.42 Å². The molecule has 3 aliphatic rings. The molecule has 0 bridgehead atoms. The molecule has 1 aromatic carbocycles. The fourth-order valence-corrected chi connectivity index (χ4v) is 6.50. The molecule has 1 amide bonds. The summed E-state index contributed by atoms with van der Waals surface area (Å²) >= 11 is 0. The predicted octanol–water partition coefficient (Wildman–Crippen LogP) is 2.87. The summed E-state index contributed by atoms with van der Waals surface area (Å²) in [6, 6.07) is 5.30. The maximum absolute atomic E-state index is 13.4. The Hall–Kier alpha value is -1.44. The number of benzene rings is 1. The smallest absolute Gasteiger partial charge is 0.254 e. The topological polar surface area (TPSA) is 60.9 Å². The normalized spacial score (nSPS) is 24.3. The highest BCUT2D eigenvalue weighted by atomic mass is 32.2. The first-order chi connectivity index (χ1) is 14.0. The van der Waals surface area contributed by atoms with Crippen molar-refractivity contribution in [3.63, 3.8) is 0 Å². The van der Waals surface area contributed by atoms with Crippen molar-refractivity contribution in [1.29, 1.82) is 0 Å². The Balaban J connectivity index is 1.55. The van der Waals surface area contributed by atoms with E-state index in [1.54, 1.807) is 22.5 Å². The van der Waals surface area contributed by atoms with Crippen molar-refractivity contribution in [2.45, 2.75) is 62.8 Å². The maximum Gasteiger partial charge on any atom is 0.254 e. The Labute approximate surface area is 174 Å². The van der Waals surface area contributed by atoms with Crippen LogP contribution < -0.4 is 0 Å². The second kappa shape index (κ2) is 8.74. The minimum Gasteiger partial charge on any atom is -0.334 e. The molecule has 3 aliphatic heterocycles. The van der Waals surface area contributed by atoms with Gasteiger partial charge >= 0.3 is 0 Å². The van der Waals surface area contributed by atoms with Gasteiger partial charge in [0.05, 0.1) is 4.90 Å². The number of likely N-dealkylation sites (tertiary alicyclic amines) is 2. The summed E-state index contributed by atoms with van der Waals surface area (Å²) in [5.74, 6) is -0.0140. The van der Waals surface area contributed by atoms with E-state index in [2.05, 4.69) is 4.90 Å². The van der Waals surface area contributed by atoms with Crippen LogP contribution in [0.4, 0.5) is 0 Å². The summed E-state index contributed by atoms with van der Waals surface area (Å²) in [5, 5.41) is 0. The van der Waals surface area contributed by atoms with Crippen LogP contribution in [0.5, 0.6) is 0 Å². The molecule has 1 aromatic rings. The van der Waals surface area contributed by atoms with E-state index < -0.39 is 10.0 Å². The molecule has 3 fully saturated rings. The summed E-state index contributed by atoms with van der Waals surface area (Å²) < 4.78 is 27.7. The molecule has 0 saturated carbocycles. The van der Waals surface area contributed by atoms with Gasteiger partial charge in [-0.05, 0) is 76.2 Å². The molecule has 160 valence electrons. The van der Waals surface area contributed by atoms with Gasteiger partial charge in [0.25, 0.3) is 5.91 Å². The van der Waals surface area contributed by atoms with Crippen LogP contribution in [0.3, 0.4) is 0 Å². The van der Waals surface area contributed by atoms with Crippen LogP contribution in [-0.4, -0.2) is 73.7 Å². The van der Waals surface area contributed by atoms with Crippen molar-refractivity contribution in [2.24, 2.45) is 0 Å². The highest BCUT2D eigenvalue weighted by molar-refractivity contribution is 7.89. The number of nitrogens with zero attached hydrogens (tertiary/aromatic N) is 3. The molecule has 0 radical (unpaired) electrons. The third-order valence-corrected chi connectivity index (χ3v) is 8.59. The number of hydrogen-bond donors (Lipinski definition) is 0. The summed E-state index contributed by atoms with van der Waals surface area (Å²) in [6.45, 7) is 7.00. The fourth-order valence-electron chi connectivity index (χ4n) is 4.96. The summed E-state index contributed by atoms with van der Waals surface area (Å²) in [4.78, 5) is 18.1. The molecule has 3 heterocycles. The zero-order valence-electron chi connectivity index (χ0n) is 17.5. The average molecular weight is 420 g/mol. The van der Waals surface area contributed by atoms with Crippen LogP contribution in [-0.2, 0) is 10.0 Å². The van der Waals surface area contributed by atoms with Gasteiger partial charge in [-0.1, -0.05) is 12.5 Å². The van der Waals surface area contributed by atoms with Crippen LogP contribution in [0.15, 0.2) is 23.1 Å². The molecule has 6 nitrogen and oxygen atoms in total. The van der Waals surface area contributed by atoms with E-state index in [4.69, 9.17) is 0 Å². The van der Waals surface area contributed by atoms with Crippen molar-refractivity contribution in [3.05, 3.63) is 29.3 Å². The Morgan fingerprint density at radius 1 is 0.966 bits per heavy atom. The SMILES string of the molecule is Cc1ccc(S(=O)(=O)N2CCCCC2)cc1C(=O)N1CCCC1CN1CCCC1. The fraction of sp³-hybridized carbons (Fsp3) is 0.682. The van der Waals surface area contributed by atoms with Gasteiger partial charge in [0, 0.05) is 37.8 Å². The van der Waals surface area contributed by atoms with E-state index >= 15 is 0 Å². The molecule has 0 spiro atoms. The standard InChI is InChI=1S/C22H33N3O3S/c1-18-9-10-20(29(27,28)24-13-3-2-4-14-24)16-21(18)22(26)25-15-7-8-19(25)17-23-11-5-6-12-23/h9-10,16,19H,2-8,11-15,17H2,1H3. The van der Waals surface area contributed by atoms with Crippen molar-refractivity contribution in [1.82, 2.24) is 14.1 Å². The quantitative estimate of drug-likeness (QED) is 0.736. The number of piperidine rings is 1.